The van der Waals surface area contributed by atoms with Crippen LogP contribution < -0.4 is 4.90 Å². The molecule has 7 nitrogen and oxygen atoms in total. The van der Waals surface area contributed by atoms with Gasteiger partial charge in [-0.3, -0.25) is 9.59 Å². The molecule has 0 radical (unpaired) electrons. The molecule has 1 aliphatic heterocycles. The SMILES string of the molecule is CC(C)(c1ccccc1)c1cc(-n2nc3c(n2)C2C(=O)N(c4ccccc4)C(=O)C2(C)C(Br)=C3)c(O)c(C(C)(C)c2ccccc2)c1. The van der Waals surface area contributed by atoms with Gasteiger partial charge in [-0.2, -0.15) is 5.10 Å². The third-order valence-electron chi connectivity index (χ3n) is 10.1. The second-order valence-electron chi connectivity index (χ2n) is 13.6. The molecule has 8 heteroatoms. The number of nitrogens with zero attached hydrogens (tertiary/aromatic N) is 4. The molecule has 1 aromatic heterocycles. The summed E-state index contributed by atoms with van der Waals surface area (Å²) in [5, 5.41) is 21.8. The summed E-state index contributed by atoms with van der Waals surface area (Å²) < 4.78 is 0.556. The Bertz CT molecular complexity index is 2070. The number of hydrogen-bond acceptors (Lipinski definition) is 5. The Morgan fingerprint density at radius 1 is 0.766 bits per heavy atom. The lowest BCUT2D eigenvalue weighted by Gasteiger charge is -2.32. The van der Waals surface area contributed by atoms with Gasteiger partial charge in [0.05, 0.1) is 11.1 Å². The zero-order valence-electron chi connectivity index (χ0n) is 26.9. The fourth-order valence-electron chi connectivity index (χ4n) is 6.94. The number of imide groups is 1. The molecule has 0 bridgehead atoms. The van der Waals surface area contributed by atoms with Crippen LogP contribution in [0.4, 0.5) is 5.69 Å². The minimum atomic E-state index is -1.19. The van der Waals surface area contributed by atoms with E-state index in [2.05, 4.69) is 74.0 Å². The van der Waals surface area contributed by atoms with Gasteiger partial charge in [-0.05, 0) is 47.9 Å². The van der Waals surface area contributed by atoms with Crippen molar-refractivity contribution in [2.24, 2.45) is 5.41 Å². The van der Waals surface area contributed by atoms with E-state index in [0.29, 0.717) is 27.2 Å². The molecule has 7 rings (SSSR count). The van der Waals surface area contributed by atoms with Crippen molar-refractivity contribution in [3.8, 4) is 11.4 Å². The van der Waals surface area contributed by atoms with Crippen LogP contribution in [0.2, 0.25) is 0 Å². The molecule has 2 unspecified atom stereocenters. The van der Waals surface area contributed by atoms with E-state index in [1.54, 1.807) is 37.3 Å². The molecule has 1 N–H and O–H groups in total. The van der Waals surface area contributed by atoms with Gasteiger partial charge in [-0.25, -0.2) is 4.90 Å². The lowest BCUT2D eigenvalue weighted by Crippen LogP contribution is -2.35. The van der Waals surface area contributed by atoms with Crippen molar-refractivity contribution >= 4 is 39.5 Å². The van der Waals surface area contributed by atoms with Gasteiger partial charge >= 0.3 is 0 Å². The van der Waals surface area contributed by atoms with Crippen LogP contribution in [0.1, 0.15) is 74.2 Å². The number of carbonyl (C=O) groups is 2. The Kier molecular flexibility index (Phi) is 7.13. The van der Waals surface area contributed by atoms with Gasteiger partial charge in [0.25, 0.3) is 0 Å². The molecule has 0 spiro atoms. The number of carbonyl (C=O) groups excluding carboxylic acids is 2. The van der Waals surface area contributed by atoms with Crippen molar-refractivity contribution < 1.29 is 14.7 Å². The van der Waals surface area contributed by atoms with Crippen molar-refractivity contribution in [2.45, 2.75) is 51.4 Å². The predicted octanol–water partition coefficient (Wildman–Crippen LogP) is 8.04. The number of anilines is 1. The molecule has 5 aromatic rings. The second-order valence-corrected chi connectivity index (χ2v) is 14.4. The van der Waals surface area contributed by atoms with E-state index >= 15 is 0 Å². The fraction of sp³-hybridized carbons (Fsp3) is 0.231. The van der Waals surface area contributed by atoms with E-state index in [4.69, 9.17) is 10.2 Å². The number of para-hydroxylation sites is 1. The van der Waals surface area contributed by atoms with Crippen LogP contribution in [0.5, 0.6) is 5.75 Å². The smallest absolute Gasteiger partial charge is 0.245 e. The Morgan fingerprint density at radius 3 is 1.91 bits per heavy atom. The maximum atomic E-state index is 14.1. The highest BCUT2D eigenvalue weighted by molar-refractivity contribution is 9.11. The molecule has 47 heavy (non-hydrogen) atoms. The summed E-state index contributed by atoms with van der Waals surface area (Å²) in [6.07, 6.45) is 1.76. The molecule has 1 fully saturated rings. The average Bonchev–Trinajstić information content (AvgIpc) is 3.57. The first-order valence-corrected chi connectivity index (χ1v) is 16.4. The van der Waals surface area contributed by atoms with E-state index in [9.17, 15) is 14.7 Å². The summed E-state index contributed by atoms with van der Waals surface area (Å²) in [6, 6.07) is 33.3. The van der Waals surface area contributed by atoms with Crippen molar-refractivity contribution in [1.82, 2.24) is 15.0 Å². The maximum absolute atomic E-state index is 14.1. The van der Waals surface area contributed by atoms with Gasteiger partial charge in [-0.15, -0.1) is 9.90 Å². The number of phenols is 1. The summed E-state index contributed by atoms with van der Waals surface area (Å²) in [6.45, 7) is 10.3. The van der Waals surface area contributed by atoms with Crippen LogP contribution >= 0.6 is 15.9 Å². The van der Waals surface area contributed by atoms with Crippen LogP contribution in [-0.4, -0.2) is 31.9 Å². The third-order valence-corrected chi connectivity index (χ3v) is 11.2. The number of benzene rings is 4. The molecule has 2 atom stereocenters. The number of aromatic hydroxyl groups is 1. The molecular weight excluding hydrogens is 652 g/mol. The first-order chi connectivity index (χ1) is 22.4. The monoisotopic (exact) mass is 686 g/mol. The lowest BCUT2D eigenvalue weighted by atomic mass is 9.72. The maximum Gasteiger partial charge on any atom is 0.245 e. The Hall–Kier alpha value is -4.82. The molecule has 4 aromatic carbocycles. The van der Waals surface area contributed by atoms with Crippen LogP contribution in [0, 0.1) is 5.41 Å². The third kappa shape index (κ3) is 4.60. The van der Waals surface area contributed by atoms with Crippen LogP contribution in [-0.2, 0) is 20.4 Å². The van der Waals surface area contributed by atoms with Crippen molar-refractivity contribution in [3.63, 3.8) is 0 Å². The minimum absolute atomic E-state index is 0.0457. The van der Waals surface area contributed by atoms with Crippen molar-refractivity contribution in [2.75, 3.05) is 4.90 Å². The number of phenolic OH excluding ortho intramolecular Hbond substituents is 1. The van der Waals surface area contributed by atoms with Crippen LogP contribution in [0.15, 0.2) is 108 Å². The number of hydrogen-bond donors (Lipinski definition) is 1. The Balaban J connectivity index is 1.42. The van der Waals surface area contributed by atoms with E-state index in [0.717, 1.165) is 22.3 Å². The van der Waals surface area contributed by atoms with Gasteiger partial charge in [0.2, 0.25) is 11.8 Å². The molecule has 1 saturated heterocycles. The highest BCUT2D eigenvalue weighted by Gasteiger charge is 2.62. The number of halogens is 1. The van der Waals surface area contributed by atoms with Crippen LogP contribution in [0.25, 0.3) is 11.8 Å². The minimum Gasteiger partial charge on any atom is -0.505 e. The number of aromatic nitrogens is 3. The summed E-state index contributed by atoms with van der Waals surface area (Å²) >= 11 is 3.63. The normalized spacial score (nSPS) is 19.4. The number of rotatable bonds is 6. The fourth-order valence-corrected chi connectivity index (χ4v) is 7.55. The molecule has 2 aliphatic rings. The predicted molar refractivity (Wildman–Crippen MR) is 187 cm³/mol. The lowest BCUT2D eigenvalue weighted by molar-refractivity contribution is -0.123. The van der Waals surface area contributed by atoms with E-state index < -0.39 is 22.2 Å². The highest BCUT2D eigenvalue weighted by atomic mass is 79.9. The van der Waals surface area contributed by atoms with Gasteiger partial charge in [-0.1, -0.05) is 129 Å². The first kappa shape index (κ1) is 30.8. The number of amides is 2. The van der Waals surface area contributed by atoms with E-state index in [1.165, 1.54) is 9.70 Å². The zero-order chi connectivity index (χ0) is 33.3. The van der Waals surface area contributed by atoms with Gasteiger partial charge in [0.1, 0.15) is 28.7 Å². The van der Waals surface area contributed by atoms with E-state index in [1.807, 2.05) is 48.5 Å². The summed E-state index contributed by atoms with van der Waals surface area (Å²) in [4.78, 5) is 30.7. The number of fused-ring (bicyclic) bond motifs is 3. The summed E-state index contributed by atoms with van der Waals surface area (Å²) in [7, 11) is 0. The quantitative estimate of drug-likeness (QED) is 0.183. The summed E-state index contributed by atoms with van der Waals surface area (Å²) in [5.74, 6) is -1.55. The summed E-state index contributed by atoms with van der Waals surface area (Å²) in [5.41, 5.74) is 3.39. The Morgan fingerprint density at radius 2 is 1.32 bits per heavy atom. The first-order valence-electron chi connectivity index (χ1n) is 15.6. The van der Waals surface area contributed by atoms with Gasteiger partial charge < -0.3 is 5.11 Å². The highest BCUT2D eigenvalue weighted by Crippen LogP contribution is 2.56. The standard InChI is InChI=1S/C39H35BrN4O3/c1-37(2,24-15-9-6-10-16-24)26-21-28(38(3,4)25-17-11-7-12-18-25)34(45)30(22-26)44-41-29-23-31(40)39(5)32(33(29)42-44)35(46)43(36(39)47)27-19-13-8-14-20-27/h6-23,32,45H,1-5H3. The van der Waals surface area contributed by atoms with Crippen LogP contribution in [0.3, 0.4) is 0 Å². The topological polar surface area (TPSA) is 88.3 Å². The average molecular weight is 688 g/mol. The second kappa shape index (κ2) is 10.9. The molecule has 2 heterocycles. The van der Waals surface area contributed by atoms with Crippen molar-refractivity contribution in [1.29, 1.82) is 0 Å². The molecule has 236 valence electrons. The molecular formula is C39H35BrN4O3. The largest absolute Gasteiger partial charge is 0.505 e. The Labute approximate surface area is 282 Å². The molecule has 2 amide bonds. The zero-order valence-corrected chi connectivity index (χ0v) is 28.5. The molecule has 0 saturated carbocycles. The van der Waals surface area contributed by atoms with Gasteiger partial charge in [0.15, 0.2) is 0 Å². The van der Waals surface area contributed by atoms with Gasteiger partial charge in [0, 0.05) is 20.9 Å². The van der Waals surface area contributed by atoms with Crippen molar-refractivity contribution in [3.05, 3.63) is 141 Å². The molecule has 1 aliphatic carbocycles. The van der Waals surface area contributed by atoms with E-state index in [-0.39, 0.29) is 17.6 Å².